The number of hydrogen-bond donors (Lipinski definition) is 1. The van der Waals surface area contributed by atoms with Crippen LogP contribution < -0.4 is 14.8 Å². The summed E-state index contributed by atoms with van der Waals surface area (Å²) in [5.41, 5.74) is 0.125. The Morgan fingerprint density at radius 1 is 0.971 bits per heavy atom. The van der Waals surface area contributed by atoms with Gasteiger partial charge in [-0.15, -0.1) is 0 Å². The maximum atomic E-state index is 13.3. The lowest BCUT2D eigenvalue weighted by atomic mass is 9.92. The van der Waals surface area contributed by atoms with E-state index in [-0.39, 0.29) is 25.1 Å². The summed E-state index contributed by atoms with van der Waals surface area (Å²) >= 11 is 0. The molecule has 2 aromatic carbocycles. The van der Waals surface area contributed by atoms with Crippen LogP contribution in [0.5, 0.6) is 11.5 Å². The van der Waals surface area contributed by atoms with Crippen molar-refractivity contribution < 1.29 is 27.5 Å². The molecule has 0 unspecified atom stereocenters. The molecule has 3 amide bonds. The number of rotatable bonds is 6. The van der Waals surface area contributed by atoms with Crippen molar-refractivity contribution >= 4 is 22.0 Å². The number of sulfonamides is 1. The van der Waals surface area contributed by atoms with E-state index in [9.17, 15) is 18.0 Å². The third kappa shape index (κ3) is 4.10. The summed E-state index contributed by atoms with van der Waals surface area (Å²) in [6.07, 6.45) is 0. The van der Waals surface area contributed by atoms with Gasteiger partial charge in [-0.05, 0) is 30.2 Å². The Hall–Kier alpha value is -3.15. The van der Waals surface area contributed by atoms with Crippen LogP contribution in [-0.4, -0.2) is 74.1 Å². The van der Waals surface area contributed by atoms with Gasteiger partial charge in [0.25, 0.3) is 5.91 Å². The van der Waals surface area contributed by atoms with E-state index in [1.165, 1.54) is 9.21 Å². The van der Waals surface area contributed by atoms with Gasteiger partial charge in [0, 0.05) is 26.2 Å². The summed E-state index contributed by atoms with van der Waals surface area (Å²) in [6.45, 7) is 3.33. The van der Waals surface area contributed by atoms with Gasteiger partial charge in [0.15, 0.2) is 11.5 Å². The second-order valence-corrected chi connectivity index (χ2v) is 10.7. The first-order valence-corrected chi connectivity index (χ1v) is 12.7. The first-order valence-electron chi connectivity index (χ1n) is 11.0. The Kier molecular flexibility index (Phi) is 5.70. The van der Waals surface area contributed by atoms with Gasteiger partial charge in [-0.2, -0.15) is 4.31 Å². The van der Waals surface area contributed by atoms with Crippen LogP contribution in [0.25, 0.3) is 0 Å². The predicted octanol–water partition coefficient (Wildman–Crippen LogP) is 1.29. The summed E-state index contributed by atoms with van der Waals surface area (Å²) in [5, 5.41) is 2.80. The van der Waals surface area contributed by atoms with Crippen molar-refractivity contribution in [2.24, 2.45) is 0 Å². The van der Waals surface area contributed by atoms with Crippen molar-refractivity contribution in [1.82, 2.24) is 19.4 Å². The molecule has 0 aliphatic carbocycles. The highest BCUT2D eigenvalue weighted by Gasteiger charge is 2.50. The third-order valence-electron chi connectivity index (χ3n) is 6.48. The van der Waals surface area contributed by atoms with Crippen molar-refractivity contribution in [3.63, 3.8) is 0 Å². The average molecular weight is 487 g/mol. The van der Waals surface area contributed by atoms with Crippen LogP contribution in [0.2, 0.25) is 0 Å². The number of piperazine rings is 1. The Morgan fingerprint density at radius 3 is 2.41 bits per heavy atom. The van der Waals surface area contributed by atoms with Gasteiger partial charge in [-0.1, -0.05) is 36.4 Å². The zero-order chi connectivity index (χ0) is 23.9. The monoisotopic (exact) mass is 486 g/mol. The lowest BCUT2D eigenvalue weighted by Crippen LogP contribution is -2.53. The van der Waals surface area contributed by atoms with Crippen LogP contribution in [0.4, 0.5) is 4.79 Å². The normalized spacial score (nSPS) is 23.4. The molecule has 180 valence electrons. The summed E-state index contributed by atoms with van der Waals surface area (Å²) < 4.78 is 37.8. The van der Waals surface area contributed by atoms with Gasteiger partial charge in [0.05, 0.1) is 12.4 Å². The smallest absolute Gasteiger partial charge is 0.326 e. The van der Waals surface area contributed by atoms with Crippen LogP contribution in [-0.2, 0) is 26.1 Å². The standard InChI is InChI=1S/C23H26N4O6S/c1-23(18-7-8-19-20(13-18)33-16-32-19)21(28)27(22(29)24-23)15-25-9-11-26(12-10-25)34(30,31)14-17-5-3-2-4-6-17/h2-8,13H,9-12,14-16H2,1H3,(H,24,29)/t23-/m0/s1. The third-order valence-corrected chi connectivity index (χ3v) is 8.33. The number of nitrogens with one attached hydrogen (secondary N) is 1. The molecule has 5 rings (SSSR count). The largest absolute Gasteiger partial charge is 0.454 e. The fourth-order valence-corrected chi connectivity index (χ4v) is 5.97. The molecular weight excluding hydrogens is 460 g/mol. The molecule has 11 heteroatoms. The van der Waals surface area contributed by atoms with Gasteiger partial charge in [-0.3, -0.25) is 9.69 Å². The molecule has 0 bridgehead atoms. The zero-order valence-electron chi connectivity index (χ0n) is 18.8. The van der Waals surface area contributed by atoms with E-state index in [2.05, 4.69) is 5.32 Å². The van der Waals surface area contributed by atoms with Crippen molar-refractivity contribution in [3.8, 4) is 11.5 Å². The summed E-state index contributed by atoms with van der Waals surface area (Å²) in [7, 11) is -3.44. The van der Waals surface area contributed by atoms with Gasteiger partial charge in [0.2, 0.25) is 16.8 Å². The number of urea groups is 1. The minimum Gasteiger partial charge on any atom is -0.454 e. The number of amides is 3. The molecule has 10 nitrogen and oxygen atoms in total. The van der Waals surface area contributed by atoms with Gasteiger partial charge < -0.3 is 14.8 Å². The molecule has 34 heavy (non-hydrogen) atoms. The van der Waals surface area contributed by atoms with E-state index in [0.717, 1.165) is 5.56 Å². The van der Waals surface area contributed by atoms with Crippen LogP contribution in [0.15, 0.2) is 48.5 Å². The second-order valence-electron chi connectivity index (χ2n) is 8.76. The van der Waals surface area contributed by atoms with Crippen molar-refractivity contribution in [3.05, 3.63) is 59.7 Å². The van der Waals surface area contributed by atoms with E-state index >= 15 is 0 Å². The van der Waals surface area contributed by atoms with Gasteiger partial charge in [-0.25, -0.2) is 18.1 Å². The van der Waals surface area contributed by atoms with E-state index in [0.29, 0.717) is 43.2 Å². The van der Waals surface area contributed by atoms with Crippen molar-refractivity contribution in [2.75, 3.05) is 39.6 Å². The molecule has 2 fully saturated rings. The van der Waals surface area contributed by atoms with E-state index < -0.39 is 21.6 Å². The summed E-state index contributed by atoms with van der Waals surface area (Å²) in [6, 6.07) is 13.8. The minimum atomic E-state index is -3.44. The van der Waals surface area contributed by atoms with Crippen molar-refractivity contribution in [1.29, 1.82) is 0 Å². The highest BCUT2D eigenvalue weighted by atomic mass is 32.2. The molecule has 3 aliphatic rings. The molecule has 2 aromatic rings. The molecule has 0 radical (unpaired) electrons. The first-order chi connectivity index (χ1) is 16.3. The molecule has 0 spiro atoms. The SMILES string of the molecule is C[C@@]1(c2ccc3c(c2)OCO3)NC(=O)N(CN2CCN(S(=O)(=O)Cc3ccccc3)CC2)C1=O. The Labute approximate surface area is 198 Å². The highest BCUT2D eigenvalue weighted by molar-refractivity contribution is 7.88. The molecule has 1 N–H and O–H groups in total. The number of imide groups is 1. The summed E-state index contributed by atoms with van der Waals surface area (Å²) in [5.74, 6) is 0.720. The maximum absolute atomic E-state index is 13.3. The van der Waals surface area contributed by atoms with Crippen LogP contribution in [0.1, 0.15) is 18.1 Å². The molecular formula is C23H26N4O6S. The first kappa shape index (κ1) is 22.6. The van der Waals surface area contributed by atoms with Crippen LogP contribution in [0.3, 0.4) is 0 Å². The quantitative estimate of drug-likeness (QED) is 0.613. The Balaban J connectivity index is 1.22. The molecule has 3 aliphatic heterocycles. The number of benzene rings is 2. The lowest BCUT2D eigenvalue weighted by Gasteiger charge is -2.35. The number of nitrogens with zero attached hydrogens (tertiary/aromatic N) is 3. The second kappa shape index (κ2) is 8.57. The van der Waals surface area contributed by atoms with E-state index in [4.69, 9.17) is 9.47 Å². The lowest BCUT2D eigenvalue weighted by molar-refractivity contribution is -0.132. The maximum Gasteiger partial charge on any atom is 0.326 e. The number of ether oxygens (including phenoxy) is 2. The number of carbonyl (C=O) groups is 2. The summed E-state index contributed by atoms with van der Waals surface area (Å²) in [4.78, 5) is 29.1. The van der Waals surface area contributed by atoms with Crippen LogP contribution >= 0.6 is 0 Å². The molecule has 1 atom stereocenters. The number of carbonyl (C=O) groups excluding carboxylic acids is 2. The number of fused-ring (bicyclic) bond motifs is 1. The minimum absolute atomic E-state index is 0.0469. The molecule has 2 saturated heterocycles. The van der Waals surface area contributed by atoms with Gasteiger partial charge in [0.1, 0.15) is 5.54 Å². The topological polar surface area (TPSA) is 108 Å². The van der Waals surface area contributed by atoms with Crippen LogP contribution in [0, 0.1) is 0 Å². The number of hydrogen-bond acceptors (Lipinski definition) is 7. The molecule has 0 aromatic heterocycles. The fraction of sp³-hybridized carbons (Fsp3) is 0.391. The van der Waals surface area contributed by atoms with E-state index in [1.807, 2.05) is 23.1 Å². The zero-order valence-corrected chi connectivity index (χ0v) is 19.6. The van der Waals surface area contributed by atoms with Crippen molar-refractivity contribution in [2.45, 2.75) is 18.2 Å². The highest BCUT2D eigenvalue weighted by Crippen LogP contribution is 2.37. The Bertz CT molecular complexity index is 1210. The fourth-order valence-electron chi connectivity index (χ4n) is 4.45. The predicted molar refractivity (Wildman–Crippen MR) is 122 cm³/mol. The molecule has 0 saturated carbocycles. The molecule has 3 heterocycles. The average Bonchev–Trinajstić information content (AvgIpc) is 3.38. The van der Waals surface area contributed by atoms with Gasteiger partial charge >= 0.3 is 6.03 Å². The Morgan fingerprint density at radius 2 is 1.68 bits per heavy atom. The van der Waals surface area contributed by atoms with E-state index in [1.54, 1.807) is 37.3 Å².